The average molecular weight is 470 g/mol. The van der Waals surface area contributed by atoms with E-state index in [1.165, 1.54) is 12.1 Å². The minimum absolute atomic E-state index is 0.0246. The molecule has 1 unspecified atom stereocenters. The Bertz CT molecular complexity index is 995. The smallest absolute Gasteiger partial charge is 0.407 e. The molecule has 2 rings (SSSR count). The van der Waals surface area contributed by atoms with Crippen molar-refractivity contribution in [1.82, 2.24) is 10.0 Å². The predicted molar refractivity (Wildman–Crippen MR) is 117 cm³/mol. The van der Waals surface area contributed by atoms with Gasteiger partial charge in [-0.05, 0) is 17.0 Å². The van der Waals surface area contributed by atoms with Crippen molar-refractivity contribution in [2.75, 3.05) is 5.75 Å². The van der Waals surface area contributed by atoms with Crippen LogP contribution in [0.3, 0.4) is 0 Å². The van der Waals surface area contributed by atoms with Gasteiger partial charge in [0.05, 0.1) is 5.75 Å². The quantitative estimate of drug-likeness (QED) is 0.391. The van der Waals surface area contributed by atoms with Crippen molar-refractivity contribution in [3.8, 4) is 0 Å². The van der Waals surface area contributed by atoms with Gasteiger partial charge in [0.15, 0.2) is 0 Å². The third-order valence-electron chi connectivity index (χ3n) is 4.46. The second-order valence-electron chi connectivity index (χ2n) is 7.36. The summed E-state index contributed by atoms with van der Waals surface area (Å²) < 4.78 is 44.5. The molecule has 11 heteroatoms. The number of sulfonamides is 1. The topological polar surface area (TPSA) is 142 Å². The van der Waals surface area contributed by atoms with Crippen LogP contribution in [-0.2, 0) is 25.9 Å². The highest BCUT2D eigenvalue weighted by Gasteiger charge is 2.35. The van der Waals surface area contributed by atoms with E-state index < -0.39 is 41.3 Å². The van der Waals surface area contributed by atoms with E-state index in [0.29, 0.717) is 0 Å². The molecule has 0 saturated carbocycles. The van der Waals surface area contributed by atoms with Gasteiger partial charge in [0.1, 0.15) is 12.4 Å². The van der Waals surface area contributed by atoms with E-state index in [4.69, 9.17) is 4.74 Å². The fourth-order valence-corrected chi connectivity index (χ4v) is 5.84. The first-order valence-corrected chi connectivity index (χ1v) is 12.9. The maximum atomic E-state index is 12.7. The number of rotatable bonds is 10. The third kappa shape index (κ3) is 8.43. The van der Waals surface area contributed by atoms with Crippen molar-refractivity contribution in [2.45, 2.75) is 32.3 Å². The maximum absolute atomic E-state index is 12.7. The highest BCUT2D eigenvalue weighted by atomic mass is 32.2. The minimum atomic E-state index is -4.84. The van der Waals surface area contributed by atoms with Gasteiger partial charge in [-0.2, -0.15) is 4.72 Å². The number of nitrogens with one attached hydrogen (secondary N) is 2. The summed E-state index contributed by atoms with van der Waals surface area (Å²) >= 11 is 0. The molecule has 0 bridgehead atoms. The van der Waals surface area contributed by atoms with Crippen molar-refractivity contribution in [2.24, 2.45) is 5.92 Å². The monoisotopic (exact) mass is 470 g/mol. The summed E-state index contributed by atoms with van der Waals surface area (Å²) in [6.07, 6.45) is -0.785. The Morgan fingerprint density at radius 2 is 1.58 bits per heavy atom. The second kappa shape index (κ2) is 10.9. The Labute approximate surface area is 182 Å². The Balaban J connectivity index is 2.06. The molecule has 0 radical (unpaired) electrons. The minimum Gasteiger partial charge on any atom is -0.445 e. The summed E-state index contributed by atoms with van der Waals surface area (Å²) in [7, 11) is -9.02. The molecular formula is C20H27N2O7PS. The largest absolute Gasteiger partial charge is 0.445 e. The van der Waals surface area contributed by atoms with Gasteiger partial charge in [-0.15, -0.1) is 0 Å². The van der Waals surface area contributed by atoms with Gasteiger partial charge in [0.25, 0.3) is 0 Å². The summed E-state index contributed by atoms with van der Waals surface area (Å²) in [5, 5.41) is 2.52. The number of ether oxygens (including phenoxy) is 1. The number of hydrogen-bond donors (Lipinski definition) is 4. The number of carbonyl (C=O) groups is 1. The Morgan fingerprint density at radius 3 is 2.10 bits per heavy atom. The van der Waals surface area contributed by atoms with E-state index in [0.717, 1.165) is 5.56 Å². The summed E-state index contributed by atoms with van der Waals surface area (Å²) in [5.41, 5.74) is 0.913. The molecule has 4 N–H and O–H groups in total. The first-order valence-electron chi connectivity index (χ1n) is 9.55. The van der Waals surface area contributed by atoms with Crippen LogP contribution in [0.1, 0.15) is 30.8 Å². The van der Waals surface area contributed by atoms with Gasteiger partial charge in [0, 0.05) is 6.04 Å². The van der Waals surface area contributed by atoms with Crippen molar-refractivity contribution in [3.63, 3.8) is 0 Å². The van der Waals surface area contributed by atoms with Crippen LogP contribution in [0.4, 0.5) is 4.79 Å². The van der Waals surface area contributed by atoms with Crippen LogP contribution >= 0.6 is 7.60 Å². The van der Waals surface area contributed by atoms with E-state index in [2.05, 4.69) is 10.0 Å². The molecule has 0 spiro atoms. The first kappa shape index (κ1) is 25.0. The molecule has 0 saturated heterocycles. The molecule has 0 aliphatic heterocycles. The van der Waals surface area contributed by atoms with Crippen molar-refractivity contribution in [3.05, 3.63) is 71.8 Å². The van der Waals surface area contributed by atoms with Gasteiger partial charge in [-0.1, -0.05) is 74.5 Å². The van der Waals surface area contributed by atoms with Crippen LogP contribution in [0.25, 0.3) is 0 Å². The molecule has 0 fully saturated rings. The van der Waals surface area contributed by atoms with Crippen molar-refractivity contribution in [1.29, 1.82) is 0 Å². The van der Waals surface area contributed by atoms with E-state index >= 15 is 0 Å². The fourth-order valence-electron chi connectivity index (χ4n) is 2.74. The lowest BCUT2D eigenvalue weighted by molar-refractivity contribution is 0.134. The maximum Gasteiger partial charge on any atom is 0.407 e. The van der Waals surface area contributed by atoms with Crippen molar-refractivity contribution < 1.29 is 32.3 Å². The molecule has 170 valence electrons. The molecule has 31 heavy (non-hydrogen) atoms. The Hall–Kier alpha value is -2.23. The van der Waals surface area contributed by atoms with Crippen molar-refractivity contribution >= 4 is 23.7 Å². The molecule has 2 aromatic rings. The molecule has 2 aromatic carbocycles. The van der Waals surface area contributed by atoms with E-state index in [1.807, 2.05) is 6.07 Å². The SMILES string of the molecule is CC(C)[C@@H](CS(=O)(=O)NC(c1ccccc1)P(=O)(O)O)NC(=O)OCc1ccccc1. The zero-order chi connectivity index (χ0) is 23.1. The molecule has 9 nitrogen and oxygen atoms in total. The average Bonchev–Trinajstić information content (AvgIpc) is 2.70. The lowest BCUT2D eigenvalue weighted by Crippen LogP contribution is -2.46. The Kier molecular flexibility index (Phi) is 8.79. The predicted octanol–water partition coefficient (Wildman–Crippen LogP) is 2.73. The Morgan fingerprint density at radius 1 is 1.03 bits per heavy atom. The van der Waals surface area contributed by atoms with E-state index in [9.17, 15) is 27.6 Å². The normalized spacial score (nSPS) is 14.1. The summed E-state index contributed by atoms with van der Waals surface area (Å²) in [6.45, 7) is 3.46. The number of amides is 1. The highest BCUT2D eigenvalue weighted by Crippen LogP contribution is 2.50. The van der Waals surface area contributed by atoms with Crippen LogP contribution in [0.2, 0.25) is 0 Å². The van der Waals surface area contributed by atoms with Gasteiger partial charge >= 0.3 is 13.7 Å². The molecular weight excluding hydrogens is 443 g/mol. The highest BCUT2D eigenvalue weighted by molar-refractivity contribution is 7.89. The lowest BCUT2D eigenvalue weighted by Gasteiger charge is -2.25. The zero-order valence-corrected chi connectivity index (χ0v) is 18.9. The van der Waals surface area contributed by atoms with Crippen LogP contribution in [0.5, 0.6) is 0 Å². The number of benzene rings is 2. The van der Waals surface area contributed by atoms with Gasteiger partial charge in [-0.3, -0.25) is 4.57 Å². The standard InChI is InChI=1S/C20H27N2O7PS/c1-15(2)18(21-20(23)29-13-16-9-5-3-6-10-16)14-31(27,28)22-19(30(24,25)26)17-11-7-4-8-12-17/h3-12,15,18-19,22H,13-14H2,1-2H3,(H,21,23)(H2,24,25,26)/t18-,19?/m1/s1. The third-order valence-corrected chi connectivity index (χ3v) is 7.13. The molecule has 0 heterocycles. The van der Waals surface area contributed by atoms with E-state index in [1.54, 1.807) is 56.3 Å². The molecule has 1 amide bonds. The molecule has 0 aromatic heterocycles. The lowest BCUT2D eigenvalue weighted by atomic mass is 10.1. The summed E-state index contributed by atoms with van der Waals surface area (Å²) in [5.74, 6) is -2.59. The van der Waals surface area contributed by atoms with Crippen LogP contribution in [0, 0.1) is 5.92 Å². The second-order valence-corrected chi connectivity index (χ2v) is 10.9. The van der Waals surface area contributed by atoms with Crippen LogP contribution in [-0.4, -0.2) is 36.1 Å². The first-order chi connectivity index (χ1) is 14.5. The van der Waals surface area contributed by atoms with Crippen LogP contribution < -0.4 is 10.0 Å². The summed E-state index contributed by atoms with van der Waals surface area (Å²) in [4.78, 5) is 31.5. The molecule has 0 aliphatic carbocycles. The van der Waals surface area contributed by atoms with Crippen LogP contribution in [0.15, 0.2) is 60.7 Å². The number of alkyl carbamates (subject to hydrolysis) is 1. The van der Waals surface area contributed by atoms with E-state index in [-0.39, 0.29) is 18.1 Å². The number of hydrogen-bond acceptors (Lipinski definition) is 5. The number of carbonyl (C=O) groups excluding carboxylic acids is 1. The van der Waals surface area contributed by atoms with Gasteiger partial charge < -0.3 is 19.8 Å². The zero-order valence-electron chi connectivity index (χ0n) is 17.2. The fraction of sp³-hybridized carbons (Fsp3) is 0.350. The molecule has 2 atom stereocenters. The van der Waals surface area contributed by atoms with Gasteiger partial charge in [-0.25, -0.2) is 13.2 Å². The summed E-state index contributed by atoms with van der Waals surface area (Å²) in [6, 6.07) is 15.8. The molecule has 0 aliphatic rings. The van der Waals surface area contributed by atoms with Gasteiger partial charge in [0.2, 0.25) is 10.0 Å².